The number of nitro groups is 1. The highest BCUT2D eigenvalue weighted by Gasteiger charge is 2.30. The lowest BCUT2D eigenvalue weighted by Crippen LogP contribution is -2.11. The molecule has 0 bridgehead atoms. The number of nitriles is 2. The molecule has 0 saturated carbocycles. The molecule has 2 aromatic heterocycles. The van der Waals surface area contributed by atoms with Crippen molar-refractivity contribution in [1.29, 1.82) is 10.5 Å². The molecule has 0 aliphatic carbocycles. The van der Waals surface area contributed by atoms with E-state index in [1.54, 1.807) is 29.6 Å². The first kappa shape index (κ1) is 26.0. The highest BCUT2D eigenvalue weighted by atomic mass is 32.1. The molecule has 0 saturated heterocycles. The largest absolute Gasteiger partial charge is 0.493 e. The maximum atomic E-state index is 13.7. The van der Waals surface area contributed by atoms with Gasteiger partial charge in [0, 0.05) is 34.8 Å². The minimum absolute atomic E-state index is 0.109. The van der Waals surface area contributed by atoms with E-state index in [1.165, 1.54) is 54.6 Å². The Kier molecular flexibility index (Phi) is 7.75. The molecule has 0 fully saturated rings. The van der Waals surface area contributed by atoms with Gasteiger partial charge in [0.15, 0.2) is 23.2 Å². The van der Waals surface area contributed by atoms with Crippen LogP contribution in [0.4, 0.5) is 5.69 Å². The minimum Gasteiger partial charge on any atom is -0.493 e. The fourth-order valence-electron chi connectivity index (χ4n) is 3.79. The smallest absolute Gasteiger partial charge is 0.270 e. The van der Waals surface area contributed by atoms with Crippen LogP contribution in [0.25, 0.3) is 22.5 Å². The van der Waals surface area contributed by atoms with Gasteiger partial charge in [-0.1, -0.05) is 12.1 Å². The van der Waals surface area contributed by atoms with Gasteiger partial charge < -0.3 is 9.47 Å². The first-order chi connectivity index (χ1) is 18.4. The first-order valence-corrected chi connectivity index (χ1v) is 12.1. The summed E-state index contributed by atoms with van der Waals surface area (Å²) in [5, 5.41) is 36.7. The van der Waals surface area contributed by atoms with Gasteiger partial charge in [-0.15, -0.1) is 11.3 Å². The van der Waals surface area contributed by atoms with Crippen molar-refractivity contribution < 1.29 is 19.2 Å². The Bertz CT molecular complexity index is 1600. The van der Waals surface area contributed by atoms with Crippen LogP contribution < -0.4 is 9.47 Å². The SMILES string of the molecule is COc1ccc(-c2csc(C(C#N)C(=O)c3cn(CCC#N)nc3-c3cccc([N+](=O)[O-])c3)n2)cc1OC. The van der Waals surface area contributed by atoms with Crippen molar-refractivity contribution in [1.82, 2.24) is 14.8 Å². The summed E-state index contributed by atoms with van der Waals surface area (Å²) in [7, 11) is 3.06. The number of hydrogen-bond acceptors (Lipinski definition) is 10. The quantitative estimate of drug-likeness (QED) is 0.157. The number of nitrogens with zero attached hydrogens (tertiary/aromatic N) is 6. The number of non-ortho nitro benzene ring substituents is 1. The van der Waals surface area contributed by atoms with Crippen molar-refractivity contribution >= 4 is 22.8 Å². The van der Waals surface area contributed by atoms with E-state index in [-0.39, 0.29) is 34.9 Å². The van der Waals surface area contributed by atoms with Crippen LogP contribution in [0.2, 0.25) is 0 Å². The number of aryl methyl sites for hydroxylation is 1. The fourth-order valence-corrected chi connectivity index (χ4v) is 4.66. The number of benzene rings is 2. The van der Waals surface area contributed by atoms with Crippen molar-refractivity contribution in [3.8, 4) is 46.2 Å². The van der Waals surface area contributed by atoms with Crippen LogP contribution in [0, 0.1) is 32.8 Å². The van der Waals surface area contributed by atoms with Gasteiger partial charge in [0.05, 0.1) is 55.5 Å². The van der Waals surface area contributed by atoms with Crippen LogP contribution in [0.3, 0.4) is 0 Å². The van der Waals surface area contributed by atoms with E-state index in [2.05, 4.69) is 10.1 Å². The topological polar surface area (TPSA) is 157 Å². The number of methoxy groups -OCH3 is 2. The van der Waals surface area contributed by atoms with Crippen molar-refractivity contribution in [2.24, 2.45) is 0 Å². The number of carbonyl (C=O) groups is 1. The summed E-state index contributed by atoms with van der Waals surface area (Å²) in [6, 6.07) is 15.1. The average molecular weight is 529 g/mol. The fraction of sp³-hybridized carbons (Fsp3) is 0.192. The zero-order chi connectivity index (χ0) is 27.2. The van der Waals surface area contributed by atoms with Crippen LogP contribution >= 0.6 is 11.3 Å². The van der Waals surface area contributed by atoms with Crippen LogP contribution in [0.15, 0.2) is 54.0 Å². The Morgan fingerprint density at radius 3 is 2.63 bits per heavy atom. The molecule has 4 aromatic rings. The number of hydrogen-bond donors (Lipinski definition) is 0. The Labute approximate surface area is 221 Å². The number of thiazole rings is 1. The van der Waals surface area contributed by atoms with Gasteiger partial charge in [-0.2, -0.15) is 15.6 Å². The van der Waals surface area contributed by atoms with E-state index >= 15 is 0 Å². The van der Waals surface area contributed by atoms with E-state index in [1.807, 2.05) is 12.1 Å². The highest BCUT2D eigenvalue weighted by Crippen LogP contribution is 2.35. The molecule has 38 heavy (non-hydrogen) atoms. The van der Waals surface area contributed by atoms with E-state index in [0.29, 0.717) is 22.8 Å². The molecular weight excluding hydrogens is 508 g/mol. The standard InChI is InChI=1S/C26H20N6O5S/c1-36-22-8-7-16(12-23(22)37-2)21-15-38-26(29-21)19(13-28)25(33)20-14-31(10-4-9-27)30-24(20)17-5-3-6-18(11-17)32(34)35/h3,5-8,11-12,14-15,19H,4,10H2,1-2H3. The number of aromatic nitrogens is 3. The molecule has 0 amide bonds. The number of rotatable bonds is 10. The number of ketones is 1. The summed E-state index contributed by atoms with van der Waals surface area (Å²) in [4.78, 5) is 29.0. The van der Waals surface area contributed by atoms with Crippen molar-refractivity contribution in [3.05, 3.63) is 74.7 Å². The minimum atomic E-state index is -1.24. The van der Waals surface area contributed by atoms with Crippen LogP contribution in [0.1, 0.15) is 27.7 Å². The van der Waals surface area contributed by atoms with Crippen LogP contribution in [0.5, 0.6) is 11.5 Å². The molecule has 11 nitrogen and oxygen atoms in total. The summed E-state index contributed by atoms with van der Waals surface area (Å²) in [5.74, 6) is -0.719. The van der Waals surface area contributed by atoms with Gasteiger partial charge in [0.1, 0.15) is 10.7 Å². The molecule has 1 unspecified atom stereocenters. The monoisotopic (exact) mass is 528 g/mol. The van der Waals surface area contributed by atoms with E-state index in [0.717, 1.165) is 5.56 Å². The molecule has 0 aliphatic rings. The summed E-state index contributed by atoms with van der Waals surface area (Å²) < 4.78 is 12.0. The van der Waals surface area contributed by atoms with Crippen molar-refractivity contribution in [2.75, 3.05) is 14.2 Å². The molecule has 2 aromatic carbocycles. The van der Waals surface area contributed by atoms with Gasteiger partial charge in [0.2, 0.25) is 0 Å². The molecule has 0 aliphatic heterocycles. The lowest BCUT2D eigenvalue weighted by Gasteiger charge is -2.08. The Balaban J connectivity index is 1.72. The number of nitro benzene ring substituents is 1. The third-order valence-corrected chi connectivity index (χ3v) is 6.56. The van der Waals surface area contributed by atoms with Crippen LogP contribution in [-0.2, 0) is 6.54 Å². The zero-order valence-corrected chi connectivity index (χ0v) is 21.1. The molecule has 0 N–H and O–H groups in total. The molecule has 2 heterocycles. The lowest BCUT2D eigenvalue weighted by molar-refractivity contribution is -0.384. The second-order valence-electron chi connectivity index (χ2n) is 7.94. The Hall–Kier alpha value is -5.07. The second-order valence-corrected chi connectivity index (χ2v) is 8.83. The molecule has 190 valence electrons. The van der Waals surface area contributed by atoms with Gasteiger partial charge in [-0.25, -0.2) is 4.98 Å². The first-order valence-electron chi connectivity index (χ1n) is 11.2. The van der Waals surface area contributed by atoms with Gasteiger partial charge >= 0.3 is 0 Å². The highest BCUT2D eigenvalue weighted by molar-refractivity contribution is 7.10. The zero-order valence-electron chi connectivity index (χ0n) is 20.3. The molecule has 4 rings (SSSR count). The predicted octanol–water partition coefficient (Wildman–Crippen LogP) is 5.00. The maximum Gasteiger partial charge on any atom is 0.270 e. The summed E-state index contributed by atoms with van der Waals surface area (Å²) in [6.45, 7) is 0.212. The van der Waals surface area contributed by atoms with E-state index in [9.17, 15) is 20.2 Å². The molecule has 0 spiro atoms. The second kappa shape index (κ2) is 11.3. The number of Topliss-reactive ketones (excluding diaryl/α,β-unsaturated/α-hetero) is 1. The predicted molar refractivity (Wildman–Crippen MR) is 138 cm³/mol. The van der Waals surface area contributed by atoms with E-state index in [4.69, 9.17) is 14.7 Å². The van der Waals surface area contributed by atoms with Crippen molar-refractivity contribution in [2.45, 2.75) is 18.9 Å². The summed E-state index contributed by atoms with van der Waals surface area (Å²) in [6.07, 6.45) is 1.60. The summed E-state index contributed by atoms with van der Waals surface area (Å²) in [5.41, 5.74) is 1.76. The van der Waals surface area contributed by atoms with Gasteiger partial charge in [0.25, 0.3) is 5.69 Å². The van der Waals surface area contributed by atoms with Crippen LogP contribution in [-0.4, -0.2) is 39.7 Å². The van der Waals surface area contributed by atoms with Gasteiger partial charge in [-0.05, 0) is 18.2 Å². The maximum absolute atomic E-state index is 13.7. The van der Waals surface area contributed by atoms with Crippen molar-refractivity contribution in [3.63, 3.8) is 0 Å². The van der Waals surface area contributed by atoms with Gasteiger partial charge in [-0.3, -0.25) is 19.6 Å². The normalized spacial score (nSPS) is 11.3. The van der Waals surface area contributed by atoms with E-state index < -0.39 is 16.6 Å². The third kappa shape index (κ3) is 5.21. The molecular formula is C26H20N6O5S. The lowest BCUT2D eigenvalue weighted by atomic mass is 9.97. The summed E-state index contributed by atoms with van der Waals surface area (Å²) >= 11 is 1.17. The molecule has 12 heteroatoms. The third-order valence-electron chi connectivity index (χ3n) is 5.65. The Morgan fingerprint density at radius 2 is 1.95 bits per heavy atom. The molecule has 1 atom stereocenters. The number of ether oxygens (including phenoxy) is 2. The number of carbonyl (C=O) groups excluding carboxylic acids is 1. The Morgan fingerprint density at radius 1 is 1.16 bits per heavy atom. The average Bonchev–Trinajstić information content (AvgIpc) is 3.60. The molecule has 0 radical (unpaired) electrons.